The number of rotatable bonds is 3. The monoisotopic (exact) mass is 262 g/mol. The summed E-state index contributed by atoms with van der Waals surface area (Å²) >= 11 is 0. The summed E-state index contributed by atoms with van der Waals surface area (Å²) in [7, 11) is 0. The summed E-state index contributed by atoms with van der Waals surface area (Å²) in [5.74, 6) is 2.19. The van der Waals surface area contributed by atoms with Gasteiger partial charge in [-0.15, -0.1) is 0 Å². The number of hydrogen-bond acceptors (Lipinski definition) is 4. The highest BCUT2D eigenvalue weighted by atomic mass is 15.1. The molecule has 0 aromatic carbocycles. The lowest BCUT2D eigenvalue weighted by Gasteiger charge is -2.23. The van der Waals surface area contributed by atoms with Crippen molar-refractivity contribution in [3.8, 4) is 0 Å². The fourth-order valence-electron chi connectivity index (χ4n) is 2.63. The van der Waals surface area contributed by atoms with Gasteiger partial charge in [0.25, 0.3) is 0 Å². The van der Waals surface area contributed by atoms with Crippen molar-refractivity contribution in [1.82, 2.24) is 9.97 Å². The van der Waals surface area contributed by atoms with Crippen LogP contribution in [0.1, 0.15) is 63.4 Å². The maximum Gasteiger partial charge on any atom is 0.133 e. The van der Waals surface area contributed by atoms with E-state index in [2.05, 4.69) is 29.1 Å². The van der Waals surface area contributed by atoms with E-state index < -0.39 is 0 Å². The van der Waals surface area contributed by atoms with Gasteiger partial charge in [0, 0.05) is 29.8 Å². The number of aryl methyl sites for hydroxylation is 1. The first kappa shape index (κ1) is 14.3. The van der Waals surface area contributed by atoms with Crippen LogP contribution in [-0.4, -0.2) is 22.1 Å². The minimum Gasteiger partial charge on any atom is -0.366 e. The van der Waals surface area contributed by atoms with Crippen molar-refractivity contribution in [3.05, 3.63) is 17.6 Å². The van der Waals surface area contributed by atoms with Crippen LogP contribution < -0.4 is 11.1 Å². The molecule has 1 aliphatic carbocycles. The highest BCUT2D eigenvalue weighted by Crippen LogP contribution is 2.21. The fraction of sp³-hybridized carbons (Fsp3) is 0.733. The van der Waals surface area contributed by atoms with Gasteiger partial charge in [0.05, 0.1) is 0 Å². The molecule has 4 heteroatoms. The summed E-state index contributed by atoms with van der Waals surface area (Å²) in [5.41, 5.74) is 7.27. The molecule has 0 aliphatic heterocycles. The second-order valence-corrected chi connectivity index (χ2v) is 5.96. The lowest BCUT2D eigenvalue weighted by molar-refractivity contribution is 0.526. The van der Waals surface area contributed by atoms with E-state index in [1.54, 1.807) is 0 Å². The highest BCUT2D eigenvalue weighted by molar-refractivity contribution is 5.38. The predicted molar refractivity (Wildman–Crippen MR) is 79.3 cm³/mol. The highest BCUT2D eigenvalue weighted by Gasteiger charge is 2.20. The van der Waals surface area contributed by atoms with Gasteiger partial charge in [0.1, 0.15) is 11.6 Å². The van der Waals surface area contributed by atoms with Crippen molar-refractivity contribution in [3.63, 3.8) is 0 Å². The van der Waals surface area contributed by atoms with E-state index in [4.69, 9.17) is 5.73 Å². The summed E-state index contributed by atoms with van der Waals surface area (Å²) in [6.45, 7) is 6.26. The predicted octanol–water partition coefficient (Wildman–Crippen LogP) is 2.98. The van der Waals surface area contributed by atoms with Gasteiger partial charge in [0.15, 0.2) is 0 Å². The molecule has 3 N–H and O–H groups in total. The van der Waals surface area contributed by atoms with Crippen LogP contribution in [0.4, 0.5) is 5.82 Å². The van der Waals surface area contributed by atoms with Gasteiger partial charge in [-0.1, -0.05) is 33.1 Å². The summed E-state index contributed by atoms with van der Waals surface area (Å²) in [4.78, 5) is 9.10. The van der Waals surface area contributed by atoms with Crippen molar-refractivity contribution in [2.24, 2.45) is 5.73 Å². The van der Waals surface area contributed by atoms with E-state index in [0.29, 0.717) is 12.0 Å². The first-order valence-electron chi connectivity index (χ1n) is 7.44. The first-order chi connectivity index (χ1) is 9.06. The average molecular weight is 262 g/mol. The van der Waals surface area contributed by atoms with Crippen LogP contribution in [-0.2, 0) is 0 Å². The minimum atomic E-state index is 0.236. The lowest BCUT2D eigenvalue weighted by Crippen LogP contribution is -2.39. The third-order valence-corrected chi connectivity index (χ3v) is 3.79. The van der Waals surface area contributed by atoms with Gasteiger partial charge in [-0.05, 0) is 19.8 Å². The molecule has 0 saturated heterocycles. The van der Waals surface area contributed by atoms with Crippen LogP contribution in [0.2, 0.25) is 0 Å². The zero-order chi connectivity index (χ0) is 13.8. The van der Waals surface area contributed by atoms with E-state index in [9.17, 15) is 0 Å². The lowest BCUT2D eigenvalue weighted by atomic mass is 10.0. The molecule has 1 aliphatic rings. The third kappa shape index (κ3) is 3.90. The van der Waals surface area contributed by atoms with E-state index in [1.807, 2.05) is 13.0 Å². The molecule has 2 atom stereocenters. The van der Waals surface area contributed by atoms with Gasteiger partial charge >= 0.3 is 0 Å². The Bertz CT molecular complexity index is 417. The van der Waals surface area contributed by atoms with E-state index in [0.717, 1.165) is 30.2 Å². The smallest absolute Gasteiger partial charge is 0.133 e. The molecule has 1 aromatic rings. The Morgan fingerprint density at radius 3 is 2.68 bits per heavy atom. The van der Waals surface area contributed by atoms with E-state index >= 15 is 0 Å². The van der Waals surface area contributed by atoms with Crippen LogP contribution in [0, 0.1) is 6.92 Å². The summed E-state index contributed by atoms with van der Waals surface area (Å²) in [6, 6.07) is 2.60. The molecule has 2 unspecified atom stereocenters. The van der Waals surface area contributed by atoms with Crippen LogP contribution in [0.25, 0.3) is 0 Å². The standard InChI is InChI=1S/C15H26N4/c1-10(2)15-17-11(3)9-14(19-15)18-13-8-6-4-5-7-12(13)16/h9-10,12-13H,4-8,16H2,1-3H3,(H,17,18,19). The molecular formula is C15H26N4. The number of nitrogens with one attached hydrogen (secondary N) is 1. The van der Waals surface area contributed by atoms with Gasteiger partial charge in [-0.3, -0.25) is 0 Å². The number of anilines is 1. The fourth-order valence-corrected chi connectivity index (χ4v) is 2.63. The van der Waals surface area contributed by atoms with Crippen molar-refractivity contribution < 1.29 is 0 Å². The minimum absolute atomic E-state index is 0.236. The van der Waals surface area contributed by atoms with Gasteiger partial charge in [-0.25, -0.2) is 9.97 Å². The number of hydrogen-bond donors (Lipinski definition) is 2. The largest absolute Gasteiger partial charge is 0.366 e. The second kappa shape index (κ2) is 6.33. The van der Waals surface area contributed by atoms with Crippen LogP contribution in [0.5, 0.6) is 0 Å². The molecule has 4 nitrogen and oxygen atoms in total. The number of nitrogens with zero attached hydrogens (tertiary/aromatic N) is 2. The Hall–Kier alpha value is -1.16. The Balaban J connectivity index is 2.13. The van der Waals surface area contributed by atoms with E-state index in [1.165, 1.54) is 19.3 Å². The zero-order valence-corrected chi connectivity index (χ0v) is 12.3. The van der Waals surface area contributed by atoms with Gasteiger partial charge in [-0.2, -0.15) is 0 Å². The summed E-state index contributed by atoms with van der Waals surface area (Å²) < 4.78 is 0. The Labute approximate surface area is 116 Å². The molecular weight excluding hydrogens is 236 g/mol. The molecule has 0 radical (unpaired) electrons. The quantitative estimate of drug-likeness (QED) is 0.822. The Morgan fingerprint density at radius 1 is 1.21 bits per heavy atom. The molecule has 1 heterocycles. The molecule has 1 fully saturated rings. The average Bonchev–Trinajstić information content (AvgIpc) is 2.54. The number of aromatic nitrogens is 2. The maximum atomic E-state index is 6.26. The topological polar surface area (TPSA) is 63.8 Å². The summed E-state index contributed by atoms with van der Waals surface area (Å²) in [6.07, 6.45) is 6.05. The molecule has 1 saturated carbocycles. The molecule has 106 valence electrons. The molecule has 0 bridgehead atoms. The SMILES string of the molecule is Cc1cc(NC2CCCCCC2N)nc(C(C)C)n1. The summed E-state index contributed by atoms with van der Waals surface area (Å²) in [5, 5.41) is 3.53. The van der Waals surface area contributed by atoms with Gasteiger partial charge < -0.3 is 11.1 Å². The Morgan fingerprint density at radius 2 is 1.95 bits per heavy atom. The van der Waals surface area contributed by atoms with Gasteiger partial charge in [0.2, 0.25) is 0 Å². The zero-order valence-electron chi connectivity index (χ0n) is 12.3. The maximum absolute atomic E-state index is 6.26. The molecule has 0 spiro atoms. The van der Waals surface area contributed by atoms with Crippen molar-refractivity contribution in [1.29, 1.82) is 0 Å². The van der Waals surface area contributed by atoms with Crippen LogP contribution in [0.15, 0.2) is 6.07 Å². The molecule has 1 aromatic heterocycles. The van der Waals surface area contributed by atoms with Crippen LogP contribution in [0.3, 0.4) is 0 Å². The van der Waals surface area contributed by atoms with Crippen molar-refractivity contribution in [2.75, 3.05) is 5.32 Å². The van der Waals surface area contributed by atoms with E-state index in [-0.39, 0.29) is 6.04 Å². The third-order valence-electron chi connectivity index (χ3n) is 3.79. The number of nitrogens with two attached hydrogens (primary N) is 1. The molecule has 2 rings (SSSR count). The second-order valence-electron chi connectivity index (χ2n) is 5.96. The van der Waals surface area contributed by atoms with Crippen LogP contribution >= 0.6 is 0 Å². The van der Waals surface area contributed by atoms with Crippen molar-refractivity contribution in [2.45, 2.75) is 70.9 Å². The molecule has 0 amide bonds. The Kier molecular flexibility index (Phi) is 4.75. The first-order valence-corrected chi connectivity index (χ1v) is 7.44. The molecule has 19 heavy (non-hydrogen) atoms. The van der Waals surface area contributed by atoms with Crippen molar-refractivity contribution >= 4 is 5.82 Å². The normalized spacial score (nSPS) is 24.3.